The van der Waals surface area contributed by atoms with Gasteiger partial charge in [-0.3, -0.25) is 0 Å². The van der Waals surface area contributed by atoms with E-state index in [4.69, 9.17) is 9.97 Å². The number of hydrogen-bond acceptors (Lipinski definition) is 7. The maximum atomic E-state index is 5.06. The summed E-state index contributed by atoms with van der Waals surface area (Å²) in [4.78, 5) is 17.4. The smallest absolute Gasteiger partial charge is 0.204 e. The zero-order valence-corrected chi connectivity index (χ0v) is 20.9. The predicted octanol–water partition coefficient (Wildman–Crippen LogP) is 4.18. The highest BCUT2D eigenvalue weighted by molar-refractivity contribution is 6.11. The molecule has 5 aromatic rings. The van der Waals surface area contributed by atoms with Crippen LogP contribution in [0.1, 0.15) is 37.1 Å². The molecule has 1 aliphatic carbocycles. The van der Waals surface area contributed by atoms with Gasteiger partial charge in [-0.25, -0.2) is 9.97 Å². The van der Waals surface area contributed by atoms with Crippen molar-refractivity contribution in [3.05, 3.63) is 59.9 Å². The SMILES string of the molecule is Cn1nnc(-c2ccc3c(c2)[nH]c2nc(Cc4ccccc4)nc(N[C@H]4CC[C@H](N(C)C)CC4)c23)n1. The Labute approximate surface area is 209 Å². The second kappa shape index (κ2) is 9.31. The highest BCUT2D eigenvalue weighted by atomic mass is 15.6. The van der Waals surface area contributed by atoms with Crippen LogP contribution in [0.25, 0.3) is 33.3 Å². The molecular formula is C27H31N9. The molecule has 9 nitrogen and oxygen atoms in total. The summed E-state index contributed by atoms with van der Waals surface area (Å²) in [6.45, 7) is 0. The normalized spacial score (nSPS) is 18.3. The Bertz CT molecular complexity index is 1490. The molecule has 0 aliphatic heterocycles. The first-order valence-electron chi connectivity index (χ1n) is 12.6. The number of aromatic amines is 1. The van der Waals surface area contributed by atoms with Crippen LogP contribution in [0.5, 0.6) is 0 Å². The van der Waals surface area contributed by atoms with Gasteiger partial charge in [-0.05, 0) is 56.6 Å². The minimum atomic E-state index is 0.400. The number of aromatic nitrogens is 7. The lowest BCUT2D eigenvalue weighted by atomic mass is 9.90. The largest absolute Gasteiger partial charge is 0.367 e. The molecule has 0 spiro atoms. The molecule has 1 fully saturated rings. The van der Waals surface area contributed by atoms with E-state index in [9.17, 15) is 0 Å². The standard InChI is InChI=1S/C27H31N9/c1-35(2)20-12-10-19(11-13-20)28-26-24-21-14-9-18(25-32-34-36(3)33-25)16-22(21)29-27(24)31-23(30-26)15-17-7-5-4-6-8-17/h4-9,14,16,19-20H,10-13,15H2,1-3H3,(H2,28,29,30,31)/t19-,20-. The van der Waals surface area contributed by atoms with Crippen LogP contribution in [0.3, 0.4) is 0 Å². The molecule has 0 bridgehead atoms. The summed E-state index contributed by atoms with van der Waals surface area (Å²) < 4.78 is 0. The molecule has 1 aliphatic rings. The molecule has 3 aromatic heterocycles. The first kappa shape index (κ1) is 22.6. The van der Waals surface area contributed by atoms with E-state index in [0.29, 0.717) is 24.3 Å². The summed E-state index contributed by atoms with van der Waals surface area (Å²) in [6.07, 6.45) is 5.33. The van der Waals surface area contributed by atoms with Crippen molar-refractivity contribution in [1.29, 1.82) is 0 Å². The van der Waals surface area contributed by atoms with Gasteiger partial charge in [-0.2, -0.15) is 4.80 Å². The van der Waals surface area contributed by atoms with Crippen molar-refractivity contribution in [3.8, 4) is 11.4 Å². The highest BCUT2D eigenvalue weighted by Crippen LogP contribution is 2.34. The second-order valence-corrected chi connectivity index (χ2v) is 9.98. The molecule has 0 unspecified atom stereocenters. The number of benzene rings is 2. The van der Waals surface area contributed by atoms with E-state index < -0.39 is 0 Å². The summed E-state index contributed by atoms with van der Waals surface area (Å²) in [5.41, 5.74) is 3.94. The van der Waals surface area contributed by atoms with Gasteiger partial charge in [0.15, 0.2) is 0 Å². The van der Waals surface area contributed by atoms with Gasteiger partial charge < -0.3 is 15.2 Å². The third-order valence-electron chi connectivity index (χ3n) is 7.24. The van der Waals surface area contributed by atoms with Crippen LogP contribution >= 0.6 is 0 Å². The van der Waals surface area contributed by atoms with Crippen molar-refractivity contribution < 1.29 is 0 Å². The molecule has 0 radical (unpaired) electrons. The molecule has 0 atom stereocenters. The topological polar surface area (TPSA) is 100 Å². The number of tetrazole rings is 1. The minimum absolute atomic E-state index is 0.400. The van der Waals surface area contributed by atoms with Gasteiger partial charge >= 0.3 is 0 Å². The zero-order chi connectivity index (χ0) is 24.6. The number of H-pyrrole nitrogens is 1. The lowest BCUT2D eigenvalue weighted by molar-refractivity contribution is 0.221. The fourth-order valence-electron chi connectivity index (χ4n) is 5.28. The Morgan fingerprint density at radius 2 is 1.83 bits per heavy atom. The summed E-state index contributed by atoms with van der Waals surface area (Å²) in [6, 6.07) is 17.7. The minimum Gasteiger partial charge on any atom is -0.367 e. The van der Waals surface area contributed by atoms with Crippen LogP contribution in [0, 0.1) is 0 Å². The first-order valence-corrected chi connectivity index (χ1v) is 12.6. The zero-order valence-electron chi connectivity index (χ0n) is 20.9. The quantitative estimate of drug-likeness (QED) is 0.375. The monoisotopic (exact) mass is 481 g/mol. The van der Waals surface area contributed by atoms with Gasteiger partial charge in [0.05, 0.1) is 12.4 Å². The molecule has 2 aromatic carbocycles. The van der Waals surface area contributed by atoms with E-state index in [1.165, 1.54) is 23.2 Å². The van der Waals surface area contributed by atoms with Gasteiger partial charge in [0.2, 0.25) is 5.82 Å². The van der Waals surface area contributed by atoms with Crippen LogP contribution in [-0.4, -0.2) is 66.2 Å². The van der Waals surface area contributed by atoms with Crippen LogP contribution in [0.4, 0.5) is 5.82 Å². The molecule has 36 heavy (non-hydrogen) atoms. The Morgan fingerprint density at radius 1 is 1.03 bits per heavy atom. The van der Waals surface area contributed by atoms with Gasteiger partial charge in [0.25, 0.3) is 0 Å². The van der Waals surface area contributed by atoms with E-state index in [1.807, 2.05) is 12.1 Å². The van der Waals surface area contributed by atoms with Crippen molar-refractivity contribution in [2.75, 3.05) is 19.4 Å². The Kier molecular flexibility index (Phi) is 5.85. The van der Waals surface area contributed by atoms with Gasteiger partial charge in [-0.15, -0.1) is 10.2 Å². The number of nitrogens with one attached hydrogen (secondary N) is 2. The molecule has 6 rings (SSSR count). The number of fused-ring (bicyclic) bond motifs is 3. The lowest BCUT2D eigenvalue weighted by Crippen LogP contribution is -2.36. The number of hydrogen-bond donors (Lipinski definition) is 2. The van der Waals surface area contributed by atoms with E-state index in [-0.39, 0.29) is 0 Å². The fourth-order valence-corrected chi connectivity index (χ4v) is 5.28. The second-order valence-electron chi connectivity index (χ2n) is 9.98. The van der Waals surface area contributed by atoms with Crippen molar-refractivity contribution >= 4 is 27.8 Å². The molecule has 184 valence electrons. The molecule has 2 N–H and O–H groups in total. The van der Waals surface area contributed by atoms with Crippen molar-refractivity contribution in [1.82, 2.24) is 40.1 Å². The summed E-state index contributed by atoms with van der Waals surface area (Å²) >= 11 is 0. The Hall–Kier alpha value is -3.85. The van der Waals surface area contributed by atoms with Gasteiger partial charge in [0.1, 0.15) is 17.3 Å². The van der Waals surface area contributed by atoms with Gasteiger partial charge in [0, 0.05) is 35.0 Å². The van der Waals surface area contributed by atoms with Crippen LogP contribution in [0.15, 0.2) is 48.5 Å². The van der Waals surface area contributed by atoms with Crippen LogP contribution in [-0.2, 0) is 13.5 Å². The summed E-state index contributed by atoms with van der Waals surface area (Å²) in [7, 11) is 6.13. The van der Waals surface area contributed by atoms with E-state index >= 15 is 0 Å². The number of aryl methyl sites for hydroxylation is 1. The molecule has 0 amide bonds. The van der Waals surface area contributed by atoms with Crippen LogP contribution < -0.4 is 5.32 Å². The number of nitrogens with zero attached hydrogens (tertiary/aromatic N) is 7. The average Bonchev–Trinajstić information content (AvgIpc) is 3.48. The lowest BCUT2D eigenvalue weighted by Gasteiger charge is -2.33. The van der Waals surface area contributed by atoms with Gasteiger partial charge in [-0.1, -0.05) is 42.5 Å². The summed E-state index contributed by atoms with van der Waals surface area (Å²) in [5, 5.41) is 18.4. The Balaban J connectivity index is 1.40. The predicted molar refractivity (Wildman–Crippen MR) is 142 cm³/mol. The molecule has 1 saturated carbocycles. The fraction of sp³-hybridized carbons (Fsp3) is 0.370. The number of anilines is 1. The maximum Gasteiger partial charge on any atom is 0.204 e. The summed E-state index contributed by atoms with van der Waals surface area (Å²) in [5.74, 6) is 2.32. The molecule has 3 heterocycles. The average molecular weight is 482 g/mol. The van der Waals surface area contributed by atoms with E-state index in [0.717, 1.165) is 52.0 Å². The Morgan fingerprint density at radius 3 is 2.56 bits per heavy atom. The maximum absolute atomic E-state index is 5.06. The van der Waals surface area contributed by atoms with Crippen molar-refractivity contribution in [2.24, 2.45) is 7.05 Å². The molecule has 0 saturated heterocycles. The highest BCUT2D eigenvalue weighted by Gasteiger charge is 2.24. The van der Waals surface area contributed by atoms with Crippen molar-refractivity contribution in [3.63, 3.8) is 0 Å². The van der Waals surface area contributed by atoms with Crippen molar-refractivity contribution in [2.45, 2.75) is 44.2 Å². The molecular weight excluding hydrogens is 450 g/mol. The van der Waals surface area contributed by atoms with E-state index in [1.54, 1.807) is 7.05 Å². The first-order chi connectivity index (χ1) is 17.5. The van der Waals surface area contributed by atoms with E-state index in [2.05, 4.69) is 81.1 Å². The third kappa shape index (κ3) is 4.42. The third-order valence-corrected chi connectivity index (χ3v) is 7.24. The van der Waals surface area contributed by atoms with Crippen LogP contribution in [0.2, 0.25) is 0 Å². The molecule has 9 heteroatoms. The number of rotatable bonds is 6.